The molecule has 0 amide bonds. The summed E-state index contributed by atoms with van der Waals surface area (Å²) < 4.78 is 26.7. The third-order valence-corrected chi connectivity index (χ3v) is 4.35. The van der Waals surface area contributed by atoms with Crippen LogP contribution in [0.2, 0.25) is 0 Å². The number of aromatic nitrogens is 2. The molecule has 0 saturated heterocycles. The van der Waals surface area contributed by atoms with Gasteiger partial charge in [0.25, 0.3) is 0 Å². The molecule has 6 nitrogen and oxygen atoms in total. The van der Waals surface area contributed by atoms with E-state index in [0.717, 1.165) is 17.8 Å². The first-order valence-corrected chi connectivity index (χ1v) is 7.87. The van der Waals surface area contributed by atoms with E-state index in [-0.39, 0.29) is 4.90 Å². The molecule has 0 spiro atoms. The van der Waals surface area contributed by atoms with Crippen LogP contribution in [0, 0.1) is 0 Å². The van der Waals surface area contributed by atoms with E-state index in [2.05, 4.69) is 14.7 Å². The summed E-state index contributed by atoms with van der Waals surface area (Å²) >= 11 is 0. The predicted molar refractivity (Wildman–Crippen MR) is 76.7 cm³/mol. The SMILES string of the molecule is NCCc1ccc(S(=O)(=O)NCCc2ncc[nH]2)cc1. The number of aromatic amines is 1. The number of nitrogens with two attached hydrogens (primary N) is 1. The van der Waals surface area contributed by atoms with Crippen LogP contribution in [0.5, 0.6) is 0 Å². The molecule has 108 valence electrons. The summed E-state index contributed by atoms with van der Waals surface area (Å²) in [4.78, 5) is 7.23. The van der Waals surface area contributed by atoms with Gasteiger partial charge >= 0.3 is 0 Å². The molecule has 0 fully saturated rings. The van der Waals surface area contributed by atoms with Gasteiger partial charge in [-0.25, -0.2) is 18.1 Å². The van der Waals surface area contributed by atoms with Crippen molar-refractivity contribution in [2.75, 3.05) is 13.1 Å². The minimum atomic E-state index is -3.47. The lowest BCUT2D eigenvalue weighted by Gasteiger charge is -2.07. The maximum atomic E-state index is 12.1. The van der Waals surface area contributed by atoms with Gasteiger partial charge in [0.15, 0.2) is 0 Å². The summed E-state index contributed by atoms with van der Waals surface area (Å²) in [5.74, 6) is 0.756. The molecule has 0 aliphatic heterocycles. The Morgan fingerprint density at radius 1 is 1.20 bits per heavy atom. The highest BCUT2D eigenvalue weighted by Gasteiger charge is 2.13. The molecule has 0 unspecified atom stereocenters. The Labute approximate surface area is 118 Å². The lowest BCUT2D eigenvalue weighted by Crippen LogP contribution is -2.26. The lowest BCUT2D eigenvalue weighted by atomic mass is 10.2. The molecule has 0 atom stereocenters. The molecule has 0 radical (unpaired) electrons. The number of sulfonamides is 1. The van der Waals surface area contributed by atoms with E-state index >= 15 is 0 Å². The van der Waals surface area contributed by atoms with Crippen molar-refractivity contribution in [3.8, 4) is 0 Å². The molecule has 0 bridgehead atoms. The first kappa shape index (κ1) is 14.7. The highest BCUT2D eigenvalue weighted by atomic mass is 32.2. The second-order valence-corrected chi connectivity index (χ2v) is 6.13. The zero-order valence-electron chi connectivity index (χ0n) is 11.0. The molecule has 1 aromatic carbocycles. The number of benzene rings is 1. The van der Waals surface area contributed by atoms with Crippen molar-refractivity contribution in [3.63, 3.8) is 0 Å². The summed E-state index contributed by atoms with van der Waals surface area (Å²) in [5, 5.41) is 0. The van der Waals surface area contributed by atoms with E-state index in [1.165, 1.54) is 0 Å². The van der Waals surface area contributed by atoms with E-state index in [0.29, 0.717) is 19.5 Å². The number of imidazole rings is 1. The summed E-state index contributed by atoms with van der Waals surface area (Å²) in [6.07, 6.45) is 4.61. The third kappa shape index (κ3) is 3.89. The number of nitrogens with zero attached hydrogens (tertiary/aromatic N) is 1. The molecule has 2 rings (SSSR count). The highest BCUT2D eigenvalue weighted by Crippen LogP contribution is 2.10. The zero-order chi connectivity index (χ0) is 14.4. The number of nitrogens with one attached hydrogen (secondary N) is 2. The Morgan fingerprint density at radius 3 is 2.55 bits per heavy atom. The molecule has 20 heavy (non-hydrogen) atoms. The molecular weight excluding hydrogens is 276 g/mol. The molecule has 4 N–H and O–H groups in total. The molecule has 0 saturated carbocycles. The largest absolute Gasteiger partial charge is 0.349 e. The Kier molecular flexibility index (Phi) is 4.89. The van der Waals surface area contributed by atoms with E-state index in [9.17, 15) is 8.42 Å². The Morgan fingerprint density at radius 2 is 1.95 bits per heavy atom. The van der Waals surface area contributed by atoms with Gasteiger partial charge in [-0.05, 0) is 30.7 Å². The molecular formula is C13H18N4O2S. The van der Waals surface area contributed by atoms with Crippen LogP contribution in [0.3, 0.4) is 0 Å². The number of hydrogen-bond acceptors (Lipinski definition) is 4. The summed E-state index contributed by atoms with van der Waals surface area (Å²) in [5.41, 5.74) is 6.49. The van der Waals surface area contributed by atoms with Gasteiger partial charge in [0, 0.05) is 25.4 Å². The molecule has 7 heteroatoms. The van der Waals surface area contributed by atoms with Crippen molar-refractivity contribution in [1.82, 2.24) is 14.7 Å². The Bertz CT molecular complexity index is 621. The second-order valence-electron chi connectivity index (χ2n) is 4.37. The molecule has 1 aromatic heterocycles. The van der Waals surface area contributed by atoms with Crippen molar-refractivity contribution in [3.05, 3.63) is 48.0 Å². The van der Waals surface area contributed by atoms with Gasteiger partial charge in [-0.3, -0.25) is 0 Å². The van der Waals surface area contributed by atoms with Gasteiger partial charge in [0.05, 0.1) is 4.90 Å². The normalized spacial score (nSPS) is 11.7. The van der Waals surface area contributed by atoms with Crippen molar-refractivity contribution in [2.45, 2.75) is 17.7 Å². The van der Waals surface area contributed by atoms with Gasteiger partial charge < -0.3 is 10.7 Å². The van der Waals surface area contributed by atoms with Crippen molar-refractivity contribution >= 4 is 10.0 Å². The van der Waals surface area contributed by atoms with Crippen LogP contribution >= 0.6 is 0 Å². The summed E-state index contributed by atoms with van der Waals surface area (Å²) in [6, 6.07) is 6.77. The standard InChI is InChI=1S/C13H18N4O2S/c14-7-5-11-1-3-12(4-2-11)20(18,19)17-8-6-13-15-9-10-16-13/h1-4,9-10,17H,5-8,14H2,(H,15,16). The van der Waals surface area contributed by atoms with Gasteiger partial charge in [0.2, 0.25) is 10.0 Å². The highest BCUT2D eigenvalue weighted by molar-refractivity contribution is 7.89. The molecule has 2 aromatic rings. The van der Waals surface area contributed by atoms with Crippen molar-refractivity contribution in [2.24, 2.45) is 5.73 Å². The van der Waals surface area contributed by atoms with Crippen LogP contribution in [-0.2, 0) is 22.9 Å². The smallest absolute Gasteiger partial charge is 0.240 e. The maximum absolute atomic E-state index is 12.1. The van der Waals surface area contributed by atoms with Crippen LogP contribution in [-0.4, -0.2) is 31.5 Å². The van der Waals surface area contributed by atoms with Gasteiger partial charge in [-0.1, -0.05) is 12.1 Å². The number of hydrogen-bond donors (Lipinski definition) is 3. The van der Waals surface area contributed by atoms with E-state index in [1.54, 1.807) is 36.7 Å². The van der Waals surface area contributed by atoms with Crippen LogP contribution in [0.15, 0.2) is 41.6 Å². The van der Waals surface area contributed by atoms with Crippen LogP contribution in [0.1, 0.15) is 11.4 Å². The van der Waals surface area contributed by atoms with E-state index < -0.39 is 10.0 Å². The topological polar surface area (TPSA) is 101 Å². The van der Waals surface area contributed by atoms with Crippen molar-refractivity contribution in [1.29, 1.82) is 0 Å². The van der Waals surface area contributed by atoms with Crippen LogP contribution in [0.25, 0.3) is 0 Å². The molecule has 0 aliphatic rings. The van der Waals surface area contributed by atoms with Gasteiger partial charge in [0.1, 0.15) is 5.82 Å². The van der Waals surface area contributed by atoms with E-state index in [4.69, 9.17) is 5.73 Å². The fourth-order valence-corrected chi connectivity index (χ4v) is 2.86. The number of rotatable bonds is 7. The predicted octanol–water partition coefficient (Wildman–Crippen LogP) is 0.432. The summed E-state index contributed by atoms with van der Waals surface area (Å²) in [7, 11) is -3.47. The first-order chi connectivity index (χ1) is 9.62. The Hall–Kier alpha value is -1.70. The quantitative estimate of drug-likeness (QED) is 0.689. The fraction of sp³-hybridized carbons (Fsp3) is 0.308. The minimum Gasteiger partial charge on any atom is -0.349 e. The minimum absolute atomic E-state index is 0.262. The van der Waals surface area contributed by atoms with E-state index in [1.807, 2.05) is 0 Å². The van der Waals surface area contributed by atoms with Crippen molar-refractivity contribution < 1.29 is 8.42 Å². The molecule has 1 heterocycles. The first-order valence-electron chi connectivity index (χ1n) is 6.39. The van der Waals surface area contributed by atoms with Crippen LogP contribution in [0.4, 0.5) is 0 Å². The lowest BCUT2D eigenvalue weighted by molar-refractivity contribution is 0.581. The van der Waals surface area contributed by atoms with Gasteiger partial charge in [-0.15, -0.1) is 0 Å². The third-order valence-electron chi connectivity index (χ3n) is 2.88. The average molecular weight is 294 g/mol. The number of H-pyrrole nitrogens is 1. The maximum Gasteiger partial charge on any atom is 0.240 e. The van der Waals surface area contributed by atoms with Crippen LogP contribution < -0.4 is 10.5 Å². The molecule has 0 aliphatic carbocycles. The summed E-state index contributed by atoms with van der Waals surface area (Å²) in [6.45, 7) is 0.855. The zero-order valence-corrected chi connectivity index (χ0v) is 11.9. The average Bonchev–Trinajstić information content (AvgIpc) is 2.93. The monoisotopic (exact) mass is 294 g/mol. The van der Waals surface area contributed by atoms with Gasteiger partial charge in [-0.2, -0.15) is 0 Å². The fourth-order valence-electron chi connectivity index (χ4n) is 1.82. The second kappa shape index (κ2) is 6.65. The Balaban J connectivity index is 1.95.